The Morgan fingerprint density at radius 3 is 2.42 bits per heavy atom. The quantitative estimate of drug-likeness (QED) is 0.588. The Balaban J connectivity index is 4.58. The van der Waals surface area contributed by atoms with Gasteiger partial charge >= 0.3 is 0 Å². The van der Waals surface area contributed by atoms with Crippen molar-refractivity contribution in [1.82, 2.24) is 10.6 Å². The molecule has 0 radical (unpaired) electrons. The van der Waals surface area contributed by atoms with E-state index >= 15 is 0 Å². The molecule has 0 aromatic rings. The van der Waals surface area contributed by atoms with Gasteiger partial charge in [0.1, 0.15) is 6.10 Å². The Kier molecular flexibility index (Phi) is 9.17. The van der Waals surface area contributed by atoms with Gasteiger partial charge in [0.25, 0.3) is 5.91 Å². The number of aliphatic hydroxyl groups is 1. The van der Waals surface area contributed by atoms with Crippen molar-refractivity contribution in [2.45, 2.75) is 58.7 Å². The summed E-state index contributed by atoms with van der Waals surface area (Å²) in [6.07, 6.45) is 6.52. The highest BCUT2D eigenvalue weighted by molar-refractivity contribution is 5.82. The molecule has 0 aromatic heterocycles. The van der Waals surface area contributed by atoms with Crippen molar-refractivity contribution in [2.24, 2.45) is 0 Å². The number of likely N-dealkylation sites (N-methyl/N-ethyl adjacent to an activating group) is 1. The average Bonchev–Trinajstić information content (AvgIpc) is 2.40. The molecule has 0 aliphatic rings. The van der Waals surface area contributed by atoms with Crippen LogP contribution in [0.3, 0.4) is 0 Å². The summed E-state index contributed by atoms with van der Waals surface area (Å²) in [5.41, 5.74) is 1.03. The fourth-order valence-electron chi connectivity index (χ4n) is 2.02. The van der Waals surface area contributed by atoms with Gasteiger partial charge in [-0.3, -0.25) is 4.79 Å². The number of allylic oxidation sites excluding steroid dienone is 2. The van der Waals surface area contributed by atoms with E-state index < -0.39 is 6.10 Å². The fraction of sp³-hybridized carbons (Fsp3) is 0.667. The lowest BCUT2D eigenvalue weighted by Crippen LogP contribution is -2.50. The minimum Gasteiger partial charge on any atom is -0.382 e. The second-order valence-electron chi connectivity index (χ2n) is 4.65. The molecule has 0 aliphatic carbocycles. The van der Waals surface area contributed by atoms with E-state index in [1.165, 1.54) is 0 Å². The number of rotatable bonds is 8. The molecule has 3 unspecified atom stereocenters. The summed E-state index contributed by atoms with van der Waals surface area (Å²) in [6.45, 7) is 7.81. The van der Waals surface area contributed by atoms with Crippen LogP contribution in [-0.4, -0.2) is 36.2 Å². The summed E-state index contributed by atoms with van der Waals surface area (Å²) in [6, 6.07) is -0.310. The largest absolute Gasteiger partial charge is 0.382 e. The molecule has 0 heterocycles. The summed E-state index contributed by atoms with van der Waals surface area (Å²) in [4.78, 5) is 12.0. The molecule has 0 aliphatic heterocycles. The standard InChI is InChI=1S/C15H28N2O2/c1-6-9-12(8-3)11(4)17-15(19)14(18)13(16-5)10-7-2/h6,8-9,11,13-14,16,18H,7,10H2,1-5H3,(H,17,19)/b9-6-,12-8+. The molecule has 4 heteroatoms. The summed E-state index contributed by atoms with van der Waals surface area (Å²) in [5, 5.41) is 15.9. The van der Waals surface area contributed by atoms with Crippen LogP contribution in [0.25, 0.3) is 0 Å². The zero-order chi connectivity index (χ0) is 14.8. The molecule has 0 bridgehead atoms. The van der Waals surface area contributed by atoms with Crippen molar-refractivity contribution < 1.29 is 9.90 Å². The third-order valence-corrected chi connectivity index (χ3v) is 3.17. The third-order valence-electron chi connectivity index (χ3n) is 3.17. The lowest BCUT2D eigenvalue weighted by molar-refractivity contribution is -0.131. The molecule has 3 N–H and O–H groups in total. The van der Waals surface area contributed by atoms with E-state index in [2.05, 4.69) is 10.6 Å². The van der Waals surface area contributed by atoms with Gasteiger partial charge in [-0.1, -0.05) is 31.6 Å². The van der Waals surface area contributed by atoms with Gasteiger partial charge in [-0.05, 0) is 39.8 Å². The molecule has 0 fully saturated rings. The Morgan fingerprint density at radius 2 is 2.00 bits per heavy atom. The second kappa shape index (κ2) is 9.75. The molecular formula is C15H28N2O2. The van der Waals surface area contributed by atoms with E-state index in [9.17, 15) is 9.90 Å². The Labute approximate surface area is 117 Å². The molecule has 0 saturated carbocycles. The SMILES string of the molecule is C/C=C\C(=C/C)C(C)NC(=O)C(O)C(CCC)NC. The second-order valence-corrected chi connectivity index (χ2v) is 4.65. The molecule has 110 valence electrons. The lowest BCUT2D eigenvalue weighted by atomic mass is 10.0. The van der Waals surface area contributed by atoms with Gasteiger partial charge in [-0.15, -0.1) is 0 Å². The Morgan fingerprint density at radius 1 is 1.37 bits per heavy atom. The fourth-order valence-corrected chi connectivity index (χ4v) is 2.02. The summed E-state index contributed by atoms with van der Waals surface area (Å²) in [5.74, 6) is -0.329. The third kappa shape index (κ3) is 6.03. The molecule has 0 aromatic carbocycles. The molecule has 3 atom stereocenters. The van der Waals surface area contributed by atoms with Crippen molar-refractivity contribution >= 4 is 5.91 Å². The van der Waals surface area contributed by atoms with E-state index in [1.807, 2.05) is 45.9 Å². The Hall–Kier alpha value is -1.13. The lowest BCUT2D eigenvalue weighted by Gasteiger charge is -2.23. The van der Waals surface area contributed by atoms with Crippen LogP contribution >= 0.6 is 0 Å². The van der Waals surface area contributed by atoms with Crippen molar-refractivity contribution in [3.05, 3.63) is 23.8 Å². The van der Waals surface area contributed by atoms with Gasteiger partial charge in [-0.2, -0.15) is 0 Å². The Bertz CT molecular complexity index is 324. The van der Waals surface area contributed by atoms with E-state index in [4.69, 9.17) is 0 Å². The molecule has 19 heavy (non-hydrogen) atoms. The summed E-state index contributed by atoms with van der Waals surface area (Å²) >= 11 is 0. The highest BCUT2D eigenvalue weighted by Crippen LogP contribution is 2.07. The van der Waals surface area contributed by atoms with Crippen LogP contribution in [0.15, 0.2) is 23.8 Å². The first kappa shape index (κ1) is 17.9. The normalized spacial score (nSPS) is 17.3. The summed E-state index contributed by atoms with van der Waals surface area (Å²) < 4.78 is 0. The smallest absolute Gasteiger partial charge is 0.250 e. The average molecular weight is 268 g/mol. The number of nitrogens with one attached hydrogen (secondary N) is 2. The number of hydrogen-bond acceptors (Lipinski definition) is 3. The molecule has 1 amide bonds. The van der Waals surface area contributed by atoms with Gasteiger partial charge < -0.3 is 15.7 Å². The number of carbonyl (C=O) groups is 1. The zero-order valence-electron chi connectivity index (χ0n) is 12.7. The van der Waals surface area contributed by atoms with Gasteiger partial charge in [0.2, 0.25) is 0 Å². The van der Waals surface area contributed by atoms with Crippen LogP contribution in [0.4, 0.5) is 0 Å². The number of carbonyl (C=O) groups excluding carboxylic acids is 1. The molecular weight excluding hydrogens is 240 g/mol. The first-order valence-electron chi connectivity index (χ1n) is 6.96. The van der Waals surface area contributed by atoms with E-state index in [1.54, 1.807) is 7.05 Å². The van der Waals surface area contributed by atoms with Crippen molar-refractivity contribution in [3.63, 3.8) is 0 Å². The summed E-state index contributed by atoms with van der Waals surface area (Å²) in [7, 11) is 1.76. The van der Waals surface area contributed by atoms with Gasteiger partial charge in [0, 0.05) is 6.04 Å². The van der Waals surface area contributed by atoms with E-state index in [0.29, 0.717) is 0 Å². The van der Waals surface area contributed by atoms with Gasteiger partial charge in [0.05, 0.1) is 6.04 Å². The maximum atomic E-state index is 12.0. The minimum absolute atomic E-state index is 0.109. The molecule has 4 nitrogen and oxygen atoms in total. The van der Waals surface area contributed by atoms with Crippen LogP contribution < -0.4 is 10.6 Å². The predicted molar refractivity (Wildman–Crippen MR) is 79.9 cm³/mol. The topological polar surface area (TPSA) is 61.4 Å². The van der Waals surface area contributed by atoms with Crippen LogP contribution in [0, 0.1) is 0 Å². The van der Waals surface area contributed by atoms with Gasteiger partial charge in [0.15, 0.2) is 0 Å². The highest BCUT2D eigenvalue weighted by Gasteiger charge is 2.25. The number of hydrogen-bond donors (Lipinski definition) is 3. The zero-order valence-corrected chi connectivity index (χ0v) is 12.7. The van der Waals surface area contributed by atoms with Gasteiger partial charge in [-0.25, -0.2) is 0 Å². The monoisotopic (exact) mass is 268 g/mol. The van der Waals surface area contributed by atoms with Crippen LogP contribution in [-0.2, 0) is 4.79 Å². The molecule has 0 rings (SSSR count). The highest BCUT2D eigenvalue weighted by atomic mass is 16.3. The number of aliphatic hydroxyl groups excluding tert-OH is 1. The minimum atomic E-state index is -1.02. The van der Waals surface area contributed by atoms with Crippen LogP contribution in [0.2, 0.25) is 0 Å². The van der Waals surface area contributed by atoms with Crippen LogP contribution in [0.5, 0.6) is 0 Å². The maximum absolute atomic E-state index is 12.0. The van der Waals surface area contributed by atoms with Crippen molar-refractivity contribution in [2.75, 3.05) is 7.05 Å². The maximum Gasteiger partial charge on any atom is 0.250 e. The molecule has 0 spiro atoms. The molecule has 0 saturated heterocycles. The van der Waals surface area contributed by atoms with E-state index in [-0.39, 0.29) is 18.0 Å². The predicted octanol–water partition coefficient (Wildman–Crippen LogP) is 1.76. The van der Waals surface area contributed by atoms with Crippen molar-refractivity contribution in [1.29, 1.82) is 0 Å². The first-order chi connectivity index (χ1) is 9.01. The van der Waals surface area contributed by atoms with Crippen molar-refractivity contribution in [3.8, 4) is 0 Å². The first-order valence-corrected chi connectivity index (χ1v) is 6.96. The van der Waals surface area contributed by atoms with Crippen LogP contribution in [0.1, 0.15) is 40.5 Å². The number of amides is 1. The van der Waals surface area contributed by atoms with E-state index in [0.717, 1.165) is 18.4 Å².